The molecule has 0 bridgehead atoms. The van der Waals surface area contributed by atoms with Crippen molar-refractivity contribution in [1.82, 2.24) is 9.80 Å². The Morgan fingerprint density at radius 3 is 2.82 bits per heavy atom. The van der Waals surface area contributed by atoms with Crippen LogP contribution in [-0.4, -0.2) is 60.1 Å². The number of carbonyl (C=O) groups is 2. The maximum atomic E-state index is 12.4. The summed E-state index contributed by atoms with van der Waals surface area (Å²) in [5, 5.41) is 3.06. The quantitative estimate of drug-likeness (QED) is 0.894. The minimum absolute atomic E-state index is 0.0539. The lowest BCUT2D eigenvalue weighted by Crippen LogP contribution is -2.48. The molecule has 0 aliphatic carbocycles. The van der Waals surface area contributed by atoms with Gasteiger partial charge < -0.3 is 15.1 Å². The van der Waals surface area contributed by atoms with Gasteiger partial charge >= 0.3 is 0 Å². The van der Waals surface area contributed by atoms with E-state index in [0.29, 0.717) is 5.02 Å². The van der Waals surface area contributed by atoms with Gasteiger partial charge in [0.15, 0.2) is 0 Å². The lowest BCUT2D eigenvalue weighted by Gasteiger charge is -2.33. The summed E-state index contributed by atoms with van der Waals surface area (Å²) >= 11 is 7.37. The van der Waals surface area contributed by atoms with Crippen molar-refractivity contribution < 1.29 is 9.59 Å². The van der Waals surface area contributed by atoms with E-state index < -0.39 is 0 Å². The van der Waals surface area contributed by atoms with Crippen LogP contribution in [-0.2, 0) is 9.59 Å². The Morgan fingerprint density at radius 2 is 2.09 bits per heavy atom. The highest BCUT2D eigenvalue weighted by molar-refractivity contribution is 8.01. The van der Waals surface area contributed by atoms with Gasteiger partial charge in [0.1, 0.15) is 0 Å². The lowest BCUT2D eigenvalue weighted by atomic mass is 10.2. The van der Waals surface area contributed by atoms with Gasteiger partial charge in [-0.15, -0.1) is 11.8 Å². The molecular formula is C15H18ClN3O2S. The maximum Gasteiger partial charge on any atom is 0.238 e. The minimum Gasteiger partial charge on any atom is -0.340 e. The molecule has 1 aromatic rings. The first kappa shape index (κ1) is 15.6. The van der Waals surface area contributed by atoms with E-state index in [0.717, 1.165) is 36.8 Å². The van der Waals surface area contributed by atoms with Gasteiger partial charge in [-0.2, -0.15) is 0 Å². The maximum absolute atomic E-state index is 12.4. The highest BCUT2D eigenvalue weighted by atomic mass is 35.5. The third kappa shape index (κ3) is 3.39. The van der Waals surface area contributed by atoms with E-state index in [4.69, 9.17) is 11.6 Å². The highest BCUT2D eigenvalue weighted by Crippen LogP contribution is 2.38. The number of piperazine rings is 1. The number of nitrogens with one attached hydrogen (secondary N) is 1. The summed E-state index contributed by atoms with van der Waals surface area (Å²) in [4.78, 5) is 29.6. The zero-order valence-corrected chi connectivity index (χ0v) is 13.9. The molecule has 2 aliphatic heterocycles. The summed E-state index contributed by atoms with van der Waals surface area (Å²) in [6.07, 6.45) is 0.238. The summed E-state index contributed by atoms with van der Waals surface area (Å²) in [6, 6.07) is 5.42. The van der Waals surface area contributed by atoms with Crippen LogP contribution in [0.1, 0.15) is 6.42 Å². The molecule has 2 heterocycles. The van der Waals surface area contributed by atoms with Crippen LogP contribution >= 0.6 is 23.4 Å². The second-order valence-corrected chi connectivity index (χ2v) is 7.31. The molecule has 1 atom stereocenters. The van der Waals surface area contributed by atoms with E-state index in [1.165, 1.54) is 11.8 Å². The smallest absolute Gasteiger partial charge is 0.238 e. The number of amides is 2. The van der Waals surface area contributed by atoms with Crippen LogP contribution in [0, 0.1) is 0 Å². The third-order valence-electron chi connectivity index (χ3n) is 3.98. The number of carbonyl (C=O) groups excluding carboxylic acids is 2. The van der Waals surface area contributed by atoms with Gasteiger partial charge in [0.05, 0.1) is 10.9 Å². The van der Waals surface area contributed by atoms with Crippen LogP contribution in [0.5, 0.6) is 0 Å². The minimum atomic E-state index is -0.374. The number of likely N-dealkylation sites (N-methyl/N-ethyl adjacent to an activating group) is 1. The van der Waals surface area contributed by atoms with Crippen molar-refractivity contribution in [3.63, 3.8) is 0 Å². The molecule has 0 saturated carbocycles. The third-order valence-corrected chi connectivity index (χ3v) is 5.49. The fourth-order valence-electron chi connectivity index (χ4n) is 2.60. The Labute approximate surface area is 139 Å². The van der Waals surface area contributed by atoms with Gasteiger partial charge in [0, 0.05) is 42.5 Å². The number of halogens is 1. The molecule has 1 N–H and O–H groups in total. The average molecular weight is 340 g/mol. The van der Waals surface area contributed by atoms with E-state index in [2.05, 4.69) is 10.2 Å². The second-order valence-electron chi connectivity index (χ2n) is 5.62. The van der Waals surface area contributed by atoms with E-state index >= 15 is 0 Å². The fourth-order valence-corrected chi connectivity index (χ4v) is 3.85. The van der Waals surface area contributed by atoms with Crippen molar-refractivity contribution in [1.29, 1.82) is 0 Å². The molecule has 2 aliphatic rings. The molecule has 0 spiro atoms. The number of anilines is 1. The number of benzene rings is 1. The first-order valence-electron chi connectivity index (χ1n) is 7.26. The van der Waals surface area contributed by atoms with Crippen molar-refractivity contribution in [3.05, 3.63) is 23.2 Å². The van der Waals surface area contributed by atoms with E-state index in [1.807, 2.05) is 18.0 Å². The normalized spacial score (nSPS) is 22.2. The predicted molar refractivity (Wildman–Crippen MR) is 88.4 cm³/mol. The summed E-state index contributed by atoms with van der Waals surface area (Å²) < 4.78 is 0. The Bertz CT molecular complexity index is 602. The number of rotatable bonds is 2. The number of thioether (sulfide) groups is 1. The van der Waals surface area contributed by atoms with Crippen LogP contribution in [0.25, 0.3) is 0 Å². The fraction of sp³-hybridized carbons (Fsp3) is 0.467. The van der Waals surface area contributed by atoms with Crippen molar-refractivity contribution >= 4 is 40.9 Å². The van der Waals surface area contributed by atoms with Gasteiger partial charge in [-0.3, -0.25) is 9.59 Å². The van der Waals surface area contributed by atoms with Gasteiger partial charge in [-0.25, -0.2) is 0 Å². The summed E-state index contributed by atoms with van der Waals surface area (Å²) in [5.41, 5.74) is 0.728. The molecule has 118 valence electrons. The van der Waals surface area contributed by atoms with Crippen LogP contribution in [0.3, 0.4) is 0 Å². The largest absolute Gasteiger partial charge is 0.340 e. The topological polar surface area (TPSA) is 52.6 Å². The Kier molecular flexibility index (Phi) is 4.61. The molecule has 2 amide bonds. The summed E-state index contributed by atoms with van der Waals surface area (Å²) in [7, 11) is 2.05. The number of nitrogens with zero attached hydrogens (tertiary/aromatic N) is 2. The molecule has 7 heteroatoms. The summed E-state index contributed by atoms with van der Waals surface area (Å²) in [6.45, 7) is 3.25. The predicted octanol–water partition coefficient (Wildman–Crippen LogP) is 1.92. The first-order valence-corrected chi connectivity index (χ1v) is 8.52. The van der Waals surface area contributed by atoms with E-state index in [9.17, 15) is 9.59 Å². The SMILES string of the molecule is CN1CCN(C(=O)CC2Sc3ccc(Cl)cc3NC2=O)CC1. The Morgan fingerprint density at radius 1 is 1.36 bits per heavy atom. The van der Waals surface area contributed by atoms with Crippen LogP contribution in [0.4, 0.5) is 5.69 Å². The first-order chi connectivity index (χ1) is 10.5. The molecule has 22 heavy (non-hydrogen) atoms. The number of fused-ring (bicyclic) bond motifs is 1. The molecule has 1 unspecified atom stereocenters. The molecular weight excluding hydrogens is 322 g/mol. The standard InChI is InChI=1S/C15H18ClN3O2S/c1-18-4-6-19(7-5-18)14(20)9-13-15(21)17-11-8-10(16)2-3-12(11)22-13/h2-3,8,13H,4-7,9H2,1H3,(H,17,21). The van der Waals surface area contributed by atoms with Gasteiger partial charge in [0.2, 0.25) is 11.8 Å². The van der Waals surface area contributed by atoms with Crippen LogP contribution in [0.2, 0.25) is 5.02 Å². The van der Waals surface area contributed by atoms with Crippen molar-refractivity contribution in [3.8, 4) is 0 Å². The van der Waals surface area contributed by atoms with E-state index in [1.54, 1.807) is 12.1 Å². The van der Waals surface area contributed by atoms with Crippen LogP contribution in [0.15, 0.2) is 23.1 Å². The second kappa shape index (κ2) is 6.48. The lowest BCUT2D eigenvalue weighted by molar-refractivity contribution is -0.134. The number of hydrogen-bond acceptors (Lipinski definition) is 4. The van der Waals surface area contributed by atoms with Crippen LogP contribution < -0.4 is 5.32 Å². The monoisotopic (exact) mass is 339 g/mol. The molecule has 0 radical (unpaired) electrons. The average Bonchev–Trinajstić information content (AvgIpc) is 2.49. The zero-order chi connectivity index (χ0) is 15.7. The van der Waals surface area contributed by atoms with Gasteiger partial charge in [0.25, 0.3) is 0 Å². The molecule has 1 saturated heterocycles. The molecule has 1 aromatic carbocycles. The molecule has 3 rings (SSSR count). The molecule has 1 fully saturated rings. The Balaban J connectivity index is 1.64. The zero-order valence-electron chi connectivity index (χ0n) is 12.3. The Hall–Kier alpha value is -1.24. The molecule has 5 nitrogen and oxygen atoms in total. The number of hydrogen-bond donors (Lipinski definition) is 1. The van der Waals surface area contributed by atoms with Gasteiger partial charge in [-0.05, 0) is 25.2 Å². The summed E-state index contributed by atoms with van der Waals surface area (Å²) in [5.74, 6) is -0.0691. The van der Waals surface area contributed by atoms with Crippen molar-refractivity contribution in [2.24, 2.45) is 0 Å². The van der Waals surface area contributed by atoms with E-state index in [-0.39, 0.29) is 23.5 Å². The van der Waals surface area contributed by atoms with Crippen molar-refractivity contribution in [2.75, 3.05) is 38.5 Å². The molecule has 0 aromatic heterocycles. The van der Waals surface area contributed by atoms with Crippen molar-refractivity contribution in [2.45, 2.75) is 16.6 Å². The highest BCUT2D eigenvalue weighted by Gasteiger charge is 2.31. The van der Waals surface area contributed by atoms with Gasteiger partial charge in [-0.1, -0.05) is 11.6 Å².